The van der Waals surface area contributed by atoms with Crippen LogP contribution in [0.25, 0.3) is 66.4 Å². The molecule has 6 aromatic carbocycles. The lowest BCUT2D eigenvalue weighted by molar-refractivity contribution is 0.937. The van der Waals surface area contributed by atoms with Crippen molar-refractivity contribution < 1.29 is 0 Å². The van der Waals surface area contributed by atoms with Crippen LogP contribution < -0.4 is 0 Å². The first kappa shape index (κ1) is 22.5. The maximum atomic E-state index is 5.02. The average Bonchev–Trinajstić information content (AvgIpc) is 3.83. The fourth-order valence-electron chi connectivity index (χ4n) is 7.82. The minimum Gasteiger partial charge on any atom is -0.278 e. The summed E-state index contributed by atoms with van der Waals surface area (Å²) in [5, 5.41) is 17.8. The summed E-state index contributed by atoms with van der Waals surface area (Å²) in [5.41, 5.74) is 10.2. The average molecular weight is 539 g/mol. The van der Waals surface area contributed by atoms with Gasteiger partial charge in [0.05, 0.1) is 16.7 Å². The van der Waals surface area contributed by atoms with Gasteiger partial charge in [0.15, 0.2) is 5.82 Å². The fraction of sp³-hybridized carbons (Fsp3) is 0.105. The third-order valence-electron chi connectivity index (χ3n) is 9.64. The minimum atomic E-state index is 0.810. The number of rotatable bonds is 3. The highest BCUT2D eigenvalue weighted by Crippen LogP contribution is 2.41. The summed E-state index contributed by atoms with van der Waals surface area (Å²) in [6.45, 7) is 0. The second kappa shape index (κ2) is 8.17. The fourth-order valence-corrected chi connectivity index (χ4v) is 7.82. The zero-order valence-electron chi connectivity index (χ0n) is 23.0. The van der Waals surface area contributed by atoms with Crippen molar-refractivity contribution in [3.05, 3.63) is 131 Å². The lowest BCUT2D eigenvalue weighted by atomic mass is 9.99. The zero-order chi connectivity index (χ0) is 27.4. The maximum absolute atomic E-state index is 5.02. The molecule has 4 nitrogen and oxygen atoms in total. The molecule has 2 heterocycles. The van der Waals surface area contributed by atoms with Crippen LogP contribution in [-0.4, -0.2) is 19.3 Å². The Morgan fingerprint density at radius 2 is 0.976 bits per heavy atom. The monoisotopic (exact) mass is 538 g/mol. The molecule has 42 heavy (non-hydrogen) atoms. The number of hydrogen-bond acceptors (Lipinski definition) is 2. The maximum Gasteiger partial charge on any atom is 0.241 e. The van der Waals surface area contributed by atoms with Gasteiger partial charge in [-0.2, -0.15) is 0 Å². The summed E-state index contributed by atoms with van der Waals surface area (Å²) in [6, 6.07) is 39.9. The highest BCUT2D eigenvalue weighted by atomic mass is 15.4. The number of aromatic nitrogens is 4. The molecule has 0 radical (unpaired) electrons. The van der Waals surface area contributed by atoms with Crippen molar-refractivity contribution in [2.75, 3.05) is 0 Å². The number of fused-ring (bicyclic) bond motifs is 3. The third kappa shape index (κ3) is 2.86. The van der Waals surface area contributed by atoms with Crippen LogP contribution in [0.2, 0.25) is 0 Å². The van der Waals surface area contributed by atoms with Crippen molar-refractivity contribution >= 4 is 43.4 Å². The Hall–Kier alpha value is -5.22. The molecule has 4 heteroatoms. The molecule has 2 aromatic heterocycles. The molecular weight excluding hydrogens is 512 g/mol. The summed E-state index contributed by atoms with van der Waals surface area (Å²) >= 11 is 0. The lowest BCUT2D eigenvalue weighted by Gasteiger charge is -2.17. The molecule has 8 aromatic rings. The first-order valence-corrected chi connectivity index (χ1v) is 14.9. The minimum absolute atomic E-state index is 0.810. The highest BCUT2D eigenvalue weighted by molar-refractivity contribution is 6.09. The molecular formula is C38H26N4. The molecule has 0 saturated carbocycles. The van der Waals surface area contributed by atoms with E-state index >= 15 is 0 Å². The number of nitrogens with zero attached hydrogens (tertiary/aromatic N) is 4. The van der Waals surface area contributed by atoms with Gasteiger partial charge in [-0.05, 0) is 82.3 Å². The second-order valence-electron chi connectivity index (χ2n) is 11.7. The van der Waals surface area contributed by atoms with E-state index in [0.717, 1.165) is 59.7 Å². The van der Waals surface area contributed by atoms with Crippen LogP contribution >= 0.6 is 0 Å². The van der Waals surface area contributed by atoms with Gasteiger partial charge in [-0.3, -0.25) is 9.13 Å². The molecule has 0 spiro atoms. The SMILES string of the molecule is c1cc2c3c(ccc(-c4nnc(-n5c6ccccc6c6ccccc65)n4-c4ccc5c6c(cccc46)CC5)c3c1)CC2. The predicted octanol–water partition coefficient (Wildman–Crippen LogP) is 8.54. The number of para-hydroxylation sites is 2. The van der Waals surface area contributed by atoms with Gasteiger partial charge >= 0.3 is 0 Å². The van der Waals surface area contributed by atoms with Crippen LogP contribution in [0.15, 0.2) is 109 Å². The van der Waals surface area contributed by atoms with E-state index in [2.05, 4.69) is 118 Å². The van der Waals surface area contributed by atoms with Gasteiger partial charge in [0.25, 0.3) is 0 Å². The van der Waals surface area contributed by atoms with Gasteiger partial charge in [0, 0.05) is 21.7 Å². The van der Waals surface area contributed by atoms with E-state index < -0.39 is 0 Å². The van der Waals surface area contributed by atoms with Crippen LogP contribution in [-0.2, 0) is 25.7 Å². The van der Waals surface area contributed by atoms with E-state index in [0.29, 0.717) is 0 Å². The first-order valence-electron chi connectivity index (χ1n) is 14.9. The quantitative estimate of drug-likeness (QED) is 0.226. The van der Waals surface area contributed by atoms with E-state index in [1.807, 2.05) is 0 Å². The van der Waals surface area contributed by atoms with Gasteiger partial charge in [0.2, 0.25) is 5.95 Å². The molecule has 198 valence electrons. The van der Waals surface area contributed by atoms with E-state index in [4.69, 9.17) is 10.2 Å². The molecule has 2 aliphatic carbocycles. The number of aryl methyl sites for hydroxylation is 4. The van der Waals surface area contributed by atoms with Crippen LogP contribution in [0.5, 0.6) is 0 Å². The lowest BCUT2D eigenvalue weighted by Crippen LogP contribution is -2.07. The van der Waals surface area contributed by atoms with Gasteiger partial charge in [-0.25, -0.2) is 0 Å². The van der Waals surface area contributed by atoms with Crippen LogP contribution in [0.4, 0.5) is 0 Å². The largest absolute Gasteiger partial charge is 0.278 e. The van der Waals surface area contributed by atoms with Crippen molar-refractivity contribution in [3.63, 3.8) is 0 Å². The Morgan fingerprint density at radius 1 is 0.429 bits per heavy atom. The smallest absolute Gasteiger partial charge is 0.241 e. The molecule has 0 saturated heterocycles. The molecule has 10 rings (SSSR count). The van der Waals surface area contributed by atoms with Crippen molar-refractivity contribution in [1.29, 1.82) is 0 Å². The Morgan fingerprint density at radius 3 is 1.67 bits per heavy atom. The van der Waals surface area contributed by atoms with Crippen molar-refractivity contribution in [2.45, 2.75) is 25.7 Å². The summed E-state index contributed by atoms with van der Waals surface area (Å²) in [4.78, 5) is 0. The van der Waals surface area contributed by atoms with Crippen LogP contribution in [0.3, 0.4) is 0 Å². The highest BCUT2D eigenvalue weighted by Gasteiger charge is 2.26. The third-order valence-corrected chi connectivity index (χ3v) is 9.64. The number of benzene rings is 6. The molecule has 0 N–H and O–H groups in total. The predicted molar refractivity (Wildman–Crippen MR) is 171 cm³/mol. The molecule has 0 fully saturated rings. The standard InChI is InChI=1S/C38H26N4/c1-3-13-32-27(9-1)28-10-2-4-14-33(28)41(32)38-40-39-37(30-21-19-25-17-15-23-7-5-11-29(30)35(23)25)42(38)34-22-20-26-18-16-24-8-6-12-31(34)36(24)26/h1-14,19-22H,15-18H2. The normalized spacial score (nSPS) is 13.8. The van der Waals surface area contributed by atoms with Crippen molar-refractivity contribution in [2.24, 2.45) is 0 Å². The van der Waals surface area contributed by atoms with Gasteiger partial charge < -0.3 is 0 Å². The van der Waals surface area contributed by atoms with Gasteiger partial charge in [-0.1, -0.05) is 91.0 Å². The molecule has 0 bridgehead atoms. The Kier molecular flexibility index (Phi) is 4.37. The van der Waals surface area contributed by atoms with E-state index in [1.54, 1.807) is 0 Å². The Balaban J connectivity index is 1.37. The topological polar surface area (TPSA) is 35.6 Å². The van der Waals surface area contributed by atoms with E-state index in [1.165, 1.54) is 54.6 Å². The second-order valence-corrected chi connectivity index (χ2v) is 11.7. The molecule has 2 aliphatic rings. The van der Waals surface area contributed by atoms with Crippen molar-refractivity contribution in [3.8, 4) is 23.0 Å². The summed E-state index contributed by atoms with van der Waals surface area (Å²) in [5.74, 6) is 1.69. The Bertz CT molecular complexity index is 2350. The Labute approximate surface area is 242 Å². The number of hydrogen-bond donors (Lipinski definition) is 0. The molecule has 0 amide bonds. The zero-order valence-corrected chi connectivity index (χ0v) is 23.0. The summed E-state index contributed by atoms with van der Waals surface area (Å²) in [7, 11) is 0. The molecule has 0 atom stereocenters. The van der Waals surface area contributed by atoms with E-state index in [-0.39, 0.29) is 0 Å². The first-order chi connectivity index (χ1) is 20.8. The van der Waals surface area contributed by atoms with Crippen LogP contribution in [0, 0.1) is 0 Å². The van der Waals surface area contributed by atoms with Crippen LogP contribution in [0.1, 0.15) is 22.3 Å². The summed E-state index contributed by atoms with van der Waals surface area (Å²) < 4.78 is 4.61. The van der Waals surface area contributed by atoms with Crippen molar-refractivity contribution in [1.82, 2.24) is 19.3 Å². The molecule has 0 aliphatic heterocycles. The van der Waals surface area contributed by atoms with Gasteiger partial charge in [0.1, 0.15) is 0 Å². The van der Waals surface area contributed by atoms with Gasteiger partial charge in [-0.15, -0.1) is 10.2 Å². The van der Waals surface area contributed by atoms with E-state index in [9.17, 15) is 0 Å². The summed E-state index contributed by atoms with van der Waals surface area (Å²) in [6.07, 6.45) is 4.40. The molecule has 0 unspecified atom stereocenters.